The molecule has 28 heavy (non-hydrogen) atoms. The summed E-state index contributed by atoms with van der Waals surface area (Å²) in [7, 11) is 0. The van der Waals surface area contributed by atoms with Gasteiger partial charge in [-0.3, -0.25) is 14.5 Å². The predicted molar refractivity (Wildman–Crippen MR) is 93.7 cm³/mol. The molecule has 142 valence electrons. The third kappa shape index (κ3) is 3.40. The van der Waals surface area contributed by atoms with Crippen LogP contribution >= 0.6 is 0 Å². The van der Waals surface area contributed by atoms with Crippen molar-refractivity contribution in [3.05, 3.63) is 65.2 Å². The lowest BCUT2D eigenvalue weighted by Crippen LogP contribution is -2.42. The van der Waals surface area contributed by atoms with Crippen LogP contribution in [0.2, 0.25) is 0 Å². The molecular weight excluding hydrogens is 370 g/mol. The molecule has 9 heteroatoms. The molecule has 0 spiro atoms. The number of rotatable bonds is 4. The van der Waals surface area contributed by atoms with Crippen LogP contribution in [-0.2, 0) is 15.1 Å². The van der Waals surface area contributed by atoms with Crippen LogP contribution in [0.1, 0.15) is 18.1 Å². The second-order valence-corrected chi connectivity index (χ2v) is 6.31. The second kappa shape index (κ2) is 7.08. The summed E-state index contributed by atoms with van der Waals surface area (Å²) in [4.78, 5) is 37.8. The zero-order valence-electron chi connectivity index (χ0n) is 14.6. The van der Waals surface area contributed by atoms with Crippen LogP contribution in [0, 0.1) is 23.0 Å². The third-order valence-electron chi connectivity index (χ3n) is 4.37. The Balaban J connectivity index is 1.77. The maximum absolute atomic E-state index is 13.6. The van der Waals surface area contributed by atoms with Gasteiger partial charge in [0.25, 0.3) is 5.91 Å². The third-order valence-corrected chi connectivity index (χ3v) is 4.37. The normalized spacial score (nSPS) is 18.6. The summed E-state index contributed by atoms with van der Waals surface area (Å²) in [6, 6.07) is 9.75. The summed E-state index contributed by atoms with van der Waals surface area (Å²) in [5, 5.41) is 13.5. The van der Waals surface area contributed by atoms with Crippen LogP contribution in [-0.4, -0.2) is 29.3 Å². The zero-order chi connectivity index (χ0) is 20.5. The number of amides is 4. The van der Waals surface area contributed by atoms with E-state index in [0.29, 0.717) is 16.0 Å². The Morgan fingerprint density at radius 1 is 1.21 bits per heavy atom. The summed E-state index contributed by atoms with van der Waals surface area (Å²) in [6.45, 7) is 0.797. The van der Waals surface area contributed by atoms with Crippen molar-refractivity contribution in [2.75, 3.05) is 11.9 Å². The van der Waals surface area contributed by atoms with E-state index in [9.17, 15) is 23.2 Å². The Morgan fingerprint density at radius 2 is 1.89 bits per heavy atom. The molecule has 3 rings (SSSR count). The molecule has 0 bridgehead atoms. The Hall–Kier alpha value is -3.80. The molecule has 0 aliphatic carbocycles. The molecule has 1 aliphatic heterocycles. The number of anilines is 1. The molecule has 0 aromatic heterocycles. The van der Waals surface area contributed by atoms with Gasteiger partial charge in [-0.05, 0) is 36.8 Å². The fraction of sp³-hybridized carbons (Fsp3) is 0.158. The number of urea groups is 1. The van der Waals surface area contributed by atoms with E-state index < -0.39 is 47.3 Å². The fourth-order valence-corrected chi connectivity index (χ4v) is 2.84. The first-order valence-corrected chi connectivity index (χ1v) is 8.14. The van der Waals surface area contributed by atoms with Crippen molar-refractivity contribution in [1.82, 2.24) is 10.2 Å². The molecule has 1 saturated heterocycles. The Bertz CT molecular complexity index is 1020. The standard InChI is InChI=1S/C19H14F2N4O3/c1-19(12-4-2-11(9-22)3-5-12)17(27)25(18(28)24-19)10-16(26)23-15-8-13(20)6-7-14(15)21/h2-8H,10H2,1H3,(H,23,26)(H,24,28). The van der Waals surface area contributed by atoms with Gasteiger partial charge < -0.3 is 10.6 Å². The van der Waals surface area contributed by atoms with Gasteiger partial charge in [-0.1, -0.05) is 12.1 Å². The summed E-state index contributed by atoms with van der Waals surface area (Å²) in [5.41, 5.74) is -0.997. The minimum Gasteiger partial charge on any atom is -0.322 e. The fourth-order valence-electron chi connectivity index (χ4n) is 2.84. The molecule has 1 aliphatic rings. The molecule has 4 amide bonds. The number of imide groups is 1. The summed E-state index contributed by atoms with van der Waals surface area (Å²) in [5.74, 6) is -3.15. The van der Waals surface area contributed by atoms with Gasteiger partial charge in [-0.25, -0.2) is 13.6 Å². The van der Waals surface area contributed by atoms with Gasteiger partial charge in [-0.2, -0.15) is 5.26 Å². The minimum atomic E-state index is -1.42. The highest BCUT2D eigenvalue weighted by Gasteiger charge is 2.49. The van der Waals surface area contributed by atoms with E-state index in [0.717, 1.165) is 18.2 Å². The summed E-state index contributed by atoms with van der Waals surface area (Å²) < 4.78 is 26.8. The number of halogens is 2. The van der Waals surface area contributed by atoms with Gasteiger partial charge in [0.2, 0.25) is 5.91 Å². The first-order chi connectivity index (χ1) is 13.2. The van der Waals surface area contributed by atoms with Crippen LogP contribution in [0.5, 0.6) is 0 Å². The lowest BCUT2D eigenvalue weighted by atomic mass is 9.91. The van der Waals surface area contributed by atoms with Crippen LogP contribution < -0.4 is 10.6 Å². The number of nitrogens with one attached hydrogen (secondary N) is 2. The van der Waals surface area contributed by atoms with Crippen LogP contribution in [0.3, 0.4) is 0 Å². The van der Waals surface area contributed by atoms with E-state index >= 15 is 0 Å². The molecule has 1 fully saturated rings. The van der Waals surface area contributed by atoms with E-state index in [4.69, 9.17) is 5.26 Å². The quantitative estimate of drug-likeness (QED) is 0.789. The SMILES string of the molecule is CC1(c2ccc(C#N)cc2)NC(=O)N(CC(=O)Nc2cc(F)ccc2F)C1=O. The van der Waals surface area contributed by atoms with Gasteiger partial charge in [0.15, 0.2) is 0 Å². The number of carbonyl (C=O) groups excluding carboxylic acids is 3. The molecule has 0 saturated carbocycles. The number of hydrogen-bond acceptors (Lipinski definition) is 4. The Labute approximate surface area is 158 Å². The maximum atomic E-state index is 13.6. The smallest absolute Gasteiger partial charge is 0.322 e. The van der Waals surface area contributed by atoms with Crippen LogP contribution in [0.4, 0.5) is 19.3 Å². The van der Waals surface area contributed by atoms with Crippen LogP contribution in [0.25, 0.3) is 0 Å². The first-order valence-electron chi connectivity index (χ1n) is 8.14. The Morgan fingerprint density at radius 3 is 2.54 bits per heavy atom. The molecule has 2 N–H and O–H groups in total. The van der Waals surface area contributed by atoms with Gasteiger partial charge in [-0.15, -0.1) is 0 Å². The molecule has 1 heterocycles. The van der Waals surface area contributed by atoms with E-state index in [-0.39, 0.29) is 0 Å². The van der Waals surface area contributed by atoms with E-state index in [2.05, 4.69) is 10.6 Å². The van der Waals surface area contributed by atoms with Gasteiger partial charge in [0.05, 0.1) is 17.3 Å². The molecule has 0 radical (unpaired) electrons. The molecule has 1 atom stereocenters. The highest BCUT2D eigenvalue weighted by Crippen LogP contribution is 2.29. The topological polar surface area (TPSA) is 102 Å². The molecular formula is C19H14F2N4O3. The van der Waals surface area contributed by atoms with Crippen LogP contribution in [0.15, 0.2) is 42.5 Å². The van der Waals surface area contributed by atoms with Gasteiger partial charge in [0.1, 0.15) is 23.7 Å². The molecule has 1 unspecified atom stereocenters. The number of carbonyl (C=O) groups is 3. The monoisotopic (exact) mass is 384 g/mol. The first kappa shape index (κ1) is 19.0. The number of benzene rings is 2. The Kier molecular flexibility index (Phi) is 4.79. The van der Waals surface area contributed by atoms with E-state index in [1.54, 1.807) is 0 Å². The van der Waals surface area contributed by atoms with E-state index in [1.807, 2.05) is 6.07 Å². The largest absolute Gasteiger partial charge is 0.325 e. The minimum absolute atomic E-state index is 0.387. The van der Waals surface area contributed by atoms with Crippen molar-refractivity contribution in [3.63, 3.8) is 0 Å². The highest BCUT2D eigenvalue weighted by molar-refractivity contribution is 6.10. The average Bonchev–Trinajstić information content (AvgIpc) is 2.89. The van der Waals surface area contributed by atoms with Crippen molar-refractivity contribution in [3.8, 4) is 6.07 Å². The maximum Gasteiger partial charge on any atom is 0.325 e. The molecule has 2 aromatic carbocycles. The van der Waals surface area contributed by atoms with Crippen molar-refractivity contribution in [2.24, 2.45) is 0 Å². The van der Waals surface area contributed by atoms with Gasteiger partial charge >= 0.3 is 6.03 Å². The summed E-state index contributed by atoms with van der Waals surface area (Å²) >= 11 is 0. The lowest BCUT2D eigenvalue weighted by Gasteiger charge is -2.22. The number of hydrogen-bond donors (Lipinski definition) is 2. The molecule has 2 aromatic rings. The van der Waals surface area contributed by atoms with E-state index in [1.165, 1.54) is 31.2 Å². The van der Waals surface area contributed by atoms with Crippen molar-refractivity contribution in [1.29, 1.82) is 5.26 Å². The van der Waals surface area contributed by atoms with Crippen molar-refractivity contribution >= 4 is 23.5 Å². The summed E-state index contributed by atoms with van der Waals surface area (Å²) in [6.07, 6.45) is 0. The molecule has 7 nitrogen and oxygen atoms in total. The second-order valence-electron chi connectivity index (χ2n) is 6.31. The van der Waals surface area contributed by atoms with Gasteiger partial charge in [0, 0.05) is 6.07 Å². The highest BCUT2D eigenvalue weighted by atomic mass is 19.1. The predicted octanol–water partition coefficient (Wildman–Crippen LogP) is 2.24. The van der Waals surface area contributed by atoms with Crippen molar-refractivity contribution < 1.29 is 23.2 Å². The number of nitriles is 1. The average molecular weight is 384 g/mol. The number of nitrogens with zero attached hydrogens (tertiary/aromatic N) is 2. The van der Waals surface area contributed by atoms with Crippen molar-refractivity contribution in [2.45, 2.75) is 12.5 Å². The lowest BCUT2D eigenvalue weighted by molar-refractivity contribution is -0.133. The zero-order valence-corrected chi connectivity index (χ0v) is 14.6.